The molecule has 2 fully saturated rings. The van der Waals surface area contributed by atoms with Crippen LogP contribution in [0.3, 0.4) is 0 Å². The molecule has 2 aromatic carbocycles. The van der Waals surface area contributed by atoms with Gasteiger partial charge in [0.25, 0.3) is 0 Å². The van der Waals surface area contributed by atoms with Gasteiger partial charge in [-0.3, -0.25) is 9.98 Å². The van der Waals surface area contributed by atoms with E-state index < -0.39 is 11.6 Å². The fourth-order valence-corrected chi connectivity index (χ4v) is 5.13. The van der Waals surface area contributed by atoms with Crippen LogP contribution in [0, 0.1) is 18.2 Å². The van der Waals surface area contributed by atoms with E-state index in [4.69, 9.17) is 11.2 Å². The average molecular weight is 474 g/mol. The minimum Gasteiger partial charge on any atom is -0.363 e. The van der Waals surface area contributed by atoms with Crippen molar-refractivity contribution in [3.63, 3.8) is 0 Å². The van der Waals surface area contributed by atoms with Gasteiger partial charge in [0.05, 0.1) is 11.1 Å². The number of hydrogen-bond donors (Lipinski definition) is 1. The zero-order valence-electron chi connectivity index (χ0n) is 19.4. The van der Waals surface area contributed by atoms with Crippen LogP contribution in [0.4, 0.5) is 8.78 Å². The Hall–Kier alpha value is -3.67. The number of ether oxygens (including phenoxy) is 1. The molecule has 0 saturated carbocycles. The van der Waals surface area contributed by atoms with E-state index in [-0.39, 0.29) is 23.7 Å². The molecule has 178 valence electrons. The van der Waals surface area contributed by atoms with Crippen molar-refractivity contribution in [3.05, 3.63) is 64.5 Å². The molecule has 3 aliphatic rings. The van der Waals surface area contributed by atoms with Crippen LogP contribution in [-0.4, -0.2) is 62.6 Å². The van der Waals surface area contributed by atoms with Gasteiger partial charge >= 0.3 is 0 Å². The van der Waals surface area contributed by atoms with Crippen LogP contribution in [0.5, 0.6) is 0 Å². The fraction of sp³-hybridized carbons (Fsp3) is 0.296. The zero-order valence-corrected chi connectivity index (χ0v) is 19.4. The highest BCUT2D eigenvalue weighted by Gasteiger charge is 2.35. The minimum absolute atomic E-state index is 0.0279. The van der Waals surface area contributed by atoms with Crippen molar-refractivity contribution in [2.45, 2.75) is 24.9 Å². The second kappa shape index (κ2) is 9.53. The summed E-state index contributed by atoms with van der Waals surface area (Å²) in [6.45, 7) is 5.19. The van der Waals surface area contributed by atoms with Gasteiger partial charge in [0.15, 0.2) is 5.83 Å². The van der Waals surface area contributed by atoms with Gasteiger partial charge in [-0.25, -0.2) is 13.8 Å². The number of piperazine rings is 1. The number of nitrogens with zero attached hydrogens (tertiary/aromatic N) is 4. The SMILES string of the molecule is C#Cc1c(F)ccc2cccc(C3=C(F)C(=N/COC)/C(=C(\N=C)N4CC5CCC(C4)N5)C=N3)c12. The number of aliphatic imine (C=N–C) groups is 3. The first-order chi connectivity index (χ1) is 17.0. The van der Waals surface area contributed by atoms with Gasteiger partial charge in [-0.15, -0.1) is 6.42 Å². The number of benzene rings is 2. The molecule has 5 rings (SSSR count). The van der Waals surface area contributed by atoms with E-state index in [2.05, 4.69) is 37.8 Å². The molecule has 3 aliphatic heterocycles. The predicted molar refractivity (Wildman–Crippen MR) is 136 cm³/mol. The van der Waals surface area contributed by atoms with Crippen LogP contribution >= 0.6 is 0 Å². The van der Waals surface area contributed by atoms with Crippen molar-refractivity contribution in [2.24, 2.45) is 15.0 Å². The van der Waals surface area contributed by atoms with Gasteiger partial charge < -0.3 is 15.0 Å². The van der Waals surface area contributed by atoms with E-state index in [1.165, 1.54) is 13.2 Å². The Bertz CT molecular complexity index is 1360. The van der Waals surface area contributed by atoms with Crippen LogP contribution in [0.1, 0.15) is 24.0 Å². The number of fused-ring (bicyclic) bond motifs is 3. The largest absolute Gasteiger partial charge is 0.363 e. The third-order valence-electron chi connectivity index (χ3n) is 6.65. The summed E-state index contributed by atoms with van der Waals surface area (Å²) in [6, 6.07) is 8.88. The van der Waals surface area contributed by atoms with Gasteiger partial charge in [-0.05, 0) is 31.0 Å². The molecule has 2 bridgehead atoms. The molecule has 0 radical (unpaired) electrons. The van der Waals surface area contributed by atoms with E-state index in [1.807, 2.05) is 0 Å². The normalized spacial score (nSPS) is 24.3. The van der Waals surface area contributed by atoms with Crippen molar-refractivity contribution >= 4 is 35.1 Å². The van der Waals surface area contributed by atoms with Crippen molar-refractivity contribution in [1.82, 2.24) is 10.2 Å². The number of likely N-dealkylation sites (tertiary alicyclic amines) is 1. The molecule has 2 unspecified atom stereocenters. The first-order valence-corrected chi connectivity index (χ1v) is 11.4. The van der Waals surface area contributed by atoms with E-state index in [1.54, 1.807) is 30.5 Å². The number of halogens is 2. The van der Waals surface area contributed by atoms with Crippen molar-refractivity contribution in [2.75, 3.05) is 26.9 Å². The summed E-state index contributed by atoms with van der Waals surface area (Å²) in [5.74, 6) is 1.73. The fourth-order valence-electron chi connectivity index (χ4n) is 5.13. The van der Waals surface area contributed by atoms with Gasteiger partial charge in [-0.2, -0.15) is 0 Å². The molecule has 0 aliphatic carbocycles. The highest BCUT2D eigenvalue weighted by molar-refractivity contribution is 6.29. The molecule has 6 nitrogen and oxygen atoms in total. The van der Waals surface area contributed by atoms with Crippen LogP contribution in [0.2, 0.25) is 0 Å². The highest BCUT2D eigenvalue weighted by Crippen LogP contribution is 2.36. The topological polar surface area (TPSA) is 61.6 Å². The molecule has 0 amide bonds. The third-order valence-corrected chi connectivity index (χ3v) is 6.65. The van der Waals surface area contributed by atoms with Crippen molar-refractivity contribution in [3.8, 4) is 12.3 Å². The summed E-state index contributed by atoms with van der Waals surface area (Å²) in [5.41, 5.74) is 0.986. The van der Waals surface area contributed by atoms with Gasteiger partial charge in [0.1, 0.15) is 29.8 Å². The first kappa shape index (κ1) is 23.1. The lowest BCUT2D eigenvalue weighted by Gasteiger charge is -2.35. The lowest BCUT2D eigenvalue weighted by atomic mass is 9.94. The summed E-state index contributed by atoms with van der Waals surface area (Å²) in [5, 5.41) is 4.69. The minimum atomic E-state index is -0.654. The van der Waals surface area contributed by atoms with Gasteiger partial charge in [-0.1, -0.05) is 30.2 Å². The van der Waals surface area contributed by atoms with Crippen molar-refractivity contribution < 1.29 is 13.5 Å². The molecule has 2 aromatic rings. The first-order valence-electron chi connectivity index (χ1n) is 11.4. The van der Waals surface area contributed by atoms with E-state index in [0.29, 0.717) is 39.8 Å². The summed E-state index contributed by atoms with van der Waals surface area (Å²) < 4.78 is 35.8. The highest BCUT2D eigenvalue weighted by atomic mass is 19.1. The van der Waals surface area contributed by atoms with Gasteiger partial charge in [0, 0.05) is 49.4 Å². The Morgan fingerprint density at radius 1 is 1.26 bits per heavy atom. The number of terminal acetylenes is 1. The Morgan fingerprint density at radius 2 is 2.03 bits per heavy atom. The van der Waals surface area contributed by atoms with Gasteiger partial charge in [0.2, 0.25) is 0 Å². The van der Waals surface area contributed by atoms with E-state index in [0.717, 1.165) is 25.9 Å². The Kier molecular flexibility index (Phi) is 6.29. The summed E-state index contributed by atoms with van der Waals surface area (Å²) in [4.78, 5) is 15.2. The summed E-state index contributed by atoms with van der Waals surface area (Å²) >= 11 is 0. The molecule has 35 heavy (non-hydrogen) atoms. The second-order valence-corrected chi connectivity index (χ2v) is 8.75. The number of nitrogens with one attached hydrogen (secondary N) is 1. The molecule has 0 aromatic heterocycles. The zero-order chi connectivity index (χ0) is 24.5. The third kappa shape index (κ3) is 4.07. The maximum Gasteiger partial charge on any atom is 0.175 e. The predicted octanol–water partition coefficient (Wildman–Crippen LogP) is 4.08. The van der Waals surface area contributed by atoms with E-state index >= 15 is 4.39 Å². The van der Waals surface area contributed by atoms with Crippen LogP contribution in [-0.2, 0) is 4.74 Å². The van der Waals surface area contributed by atoms with Crippen LogP contribution in [0.15, 0.2) is 62.5 Å². The lowest BCUT2D eigenvalue weighted by Crippen LogP contribution is -2.50. The Balaban J connectivity index is 1.67. The Labute approximate surface area is 202 Å². The smallest absolute Gasteiger partial charge is 0.175 e. The molecule has 3 heterocycles. The quantitative estimate of drug-likeness (QED) is 0.526. The number of hydrogen-bond acceptors (Lipinski definition) is 6. The van der Waals surface area contributed by atoms with Crippen LogP contribution in [0.25, 0.3) is 16.5 Å². The van der Waals surface area contributed by atoms with Crippen molar-refractivity contribution in [1.29, 1.82) is 0 Å². The van der Waals surface area contributed by atoms with E-state index in [9.17, 15) is 4.39 Å². The summed E-state index contributed by atoms with van der Waals surface area (Å²) in [7, 11) is 1.49. The molecule has 8 heteroatoms. The molecular formula is C27H25F2N5O. The maximum atomic E-state index is 16.2. The molecule has 2 atom stereocenters. The molecule has 0 spiro atoms. The average Bonchev–Trinajstić information content (AvgIpc) is 3.21. The number of rotatable bonds is 5. The summed E-state index contributed by atoms with van der Waals surface area (Å²) in [6.07, 6.45) is 9.35. The molecule has 2 saturated heterocycles. The van der Waals surface area contributed by atoms with Crippen LogP contribution < -0.4 is 5.32 Å². The standard InChI is InChI=1S/C27H25F2N5O/c1-4-19-22(28)11-8-16-6-5-7-20(23(16)19)25-24(29)26(32-15-35-3)21(12-31-25)27(30-2)34-13-17-9-10-18(14-34)33-17/h1,5-8,11-12,17-18,33H,2,9-10,13-15H2,3H3/b27-21+,32-26+. The monoisotopic (exact) mass is 473 g/mol. The number of allylic oxidation sites excluding steroid dienone is 2. The molecular weight excluding hydrogens is 448 g/mol. The number of methoxy groups -OCH3 is 1. The Morgan fingerprint density at radius 3 is 2.71 bits per heavy atom. The second-order valence-electron chi connectivity index (χ2n) is 8.75. The maximum absolute atomic E-state index is 16.2. The molecule has 1 N–H and O–H groups in total. The lowest BCUT2D eigenvalue weighted by molar-refractivity contribution is 0.209.